The van der Waals surface area contributed by atoms with Crippen molar-refractivity contribution in [3.05, 3.63) is 138 Å². The number of thiocarbonyl (C=S) groups is 1. The molecule has 180 valence electrons. The molecule has 2 nitrogen and oxygen atoms in total. The average Bonchev–Trinajstić information content (AvgIpc) is 2.94. The predicted octanol–water partition coefficient (Wildman–Crippen LogP) is 8.98. The molecule has 2 N–H and O–H groups in total. The van der Waals surface area contributed by atoms with Crippen LogP contribution in [0.5, 0.6) is 0 Å². The van der Waals surface area contributed by atoms with Crippen molar-refractivity contribution in [1.29, 1.82) is 0 Å². The number of para-hydroxylation sites is 1. The number of hydrogen-bond donors (Lipinski definition) is 2. The monoisotopic (exact) mass is 496 g/mol. The molecule has 0 spiro atoms. The van der Waals surface area contributed by atoms with Gasteiger partial charge in [0, 0.05) is 34.1 Å². The second-order valence-corrected chi connectivity index (χ2v) is 10.4. The van der Waals surface area contributed by atoms with E-state index in [1.165, 1.54) is 33.4 Å². The van der Waals surface area contributed by atoms with E-state index in [1.807, 2.05) is 30.3 Å². The Labute approximate surface area is 224 Å². The average molecular weight is 497 g/mol. The van der Waals surface area contributed by atoms with Crippen LogP contribution < -0.4 is 10.6 Å². The molecule has 0 amide bonds. The standard InChI is InChI=1S/C34H28N2S/c1-34(2)26-9-6-7-12-29-28(13-8-14-31(29)34)30-21-25(19-20-32(30)35-22-26)23-15-17-24(18-16-23)33(37)36-27-10-4-3-5-11-27/h3-22,35H,1-2H3,(H,36,37)/b9-6-,12-7+,26-22-. The molecule has 1 aliphatic heterocycles. The van der Waals surface area contributed by atoms with Gasteiger partial charge < -0.3 is 10.6 Å². The minimum Gasteiger partial charge on any atom is -0.361 e. The zero-order chi connectivity index (χ0) is 25.4. The van der Waals surface area contributed by atoms with Gasteiger partial charge in [-0.3, -0.25) is 0 Å². The molecule has 0 atom stereocenters. The molecule has 4 aromatic rings. The van der Waals surface area contributed by atoms with Gasteiger partial charge in [-0.25, -0.2) is 0 Å². The van der Waals surface area contributed by atoms with Crippen LogP contribution in [-0.4, -0.2) is 4.99 Å². The van der Waals surface area contributed by atoms with E-state index in [9.17, 15) is 0 Å². The van der Waals surface area contributed by atoms with Crippen molar-refractivity contribution >= 4 is 34.7 Å². The van der Waals surface area contributed by atoms with E-state index < -0.39 is 0 Å². The number of nitrogens with one attached hydrogen (secondary N) is 2. The summed E-state index contributed by atoms with van der Waals surface area (Å²) >= 11 is 5.65. The van der Waals surface area contributed by atoms with Crippen molar-refractivity contribution in [2.75, 3.05) is 10.6 Å². The molecule has 0 saturated heterocycles. The molecule has 1 aliphatic carbocycles. The molecular formula is C34H28N2S. The van der Waals surface area contributed by atoms with Gasteiger partial charge in [0.2, 0.25) is 0 Å². The topological polar surface area (TPSA) is 24.1 Å². The Balaban J connectivity index is 1.40. The maximum Gasteiger partial charge on any atom is 0.110 e. The van der Waals surface area contributed by atoms with E-state index >= 15 is 0 Å². The molecule has 4 bridgehead atoms. The van der Waals surface area contributed by atoms with Crippen molar-refractivity contribution in [2.24, 2.45) is 0 Å². The first-order valence-corrected chi connectivity index (χ1v) is 13.0. The summed E-state index contributed by atoms with van der Waals surface area (Å²) in [5, 5.41) is 6.94. The third kappa shape index (κ3) is 4.32. The highest BCUT2D eigenvalue weighted by Crippen LogP contribution is 2.44. The Hall–Kier alpha value is -4.21. The fraction of sp³-hybridized carbons (Fsp3) is 0.0882. The Morgan fingerprint density at radius 1 is 0.757 bits per heavy atom. The molecular weight excluding hydrogens is 468 g/mol. The molecule has 3 heteroatoms. The number of benzene rings is 4. The van der Waals surface area contributed by atoms with Crippen LogP contribution in [0.15, 0.2) is 121 Å². The number of fused-ring (bicyclic) bond motifs is 3. The van der Waals surface area contributed by atoms with E-state index in [-0.39, 0.29) is 5.41 Å². The Kier molecular flexibility index (Phi) is 5.86. The first-order valence-electron chi connectivity index (χ1n) is 12.6. The first kappa shape index (κ1) is 23.2. The fourth-order valence-corrected chi connectivity index (χ4v) is 5.45. The lowest BCUT2D eigenvalue weighted by Gasteiger charge is -2.30. The van der Waals surface area contributed by atoms with Gasteiger partial charge in [-0.2, -0.15) is 0 Å². The van der Waals surface area contributed by atoms with Gasteiger partial charge in [0.05, 0.1) is 0 Å². The Morgan fingerprint density at radius 3 is 2.32 bits per heavy atom. The maximum atomic E-state index is 5.65. The van der Waals surface area contributed by atoms with Crippen molar-refractivity contribution in [1.82, 2.24) is 0 Å². The van der Waals surface area contributed by atoms with Crippen LogP contribution in [0.2, 0.25) is 0 Å². The summed E-state index contributed by atoms with van der Waals surface area (Å²) in [5.41, 5.74) is 11.6. The quantitative estimate of drug-likeness (QED) is 0.277. The van der Waals surface area contributed by atoms with Gasteiger partial charge in [0.15, 0.2) is 0 Å². The summed E-state index contributed by atoms with van der Waals surface area (Å²) < 4.78 is 0. The molecule has 6 rings (SSSR count). The molecule has 0 radical (unpaired) electrons. The number of rotatable bonds is 3. The lowest BCUT2D eigenvalue weighted by Crippen LogP contribution is -2.22. The van der Waals surface area contributed by atoms with E-state index in [4.69, 9.17) is 12.2 Å². The summed E-state index contributed by atoms with van der Waals surface area (Å²) in [6, 6.07) is 31.9. The fourth-order valence-electron chi connectivity index (χ4n) is 5.19. The van der Waals surface area contributed by atoms with Gasteiger partial charge >= 0.3 is 0 Å². The van der Waals surface area contributed by atoms with Crippen LogP contribution in [0.25, 0.3) is 28.3 Å². The molecule has 1 heterocycles. The molecule has 4 aromatic carbocycles. The van der Waals surface area contributed by atoms with E-state index in [2.05, 4.69) is 116 Å². The zero-order valence-corrected chi connectivity index (χ0v) is 21.8. The number of hydrogen-bond acceptors (Lipinski definition) is 2. The molecule has 0 saturated carbocycles. The van der Waals surface area contributed by atoms with Gasteiger partial charge in [0.25, 0.3) is 0 Å². The third-order valence-corrected chi connectivity index (χ3v) is 7.69. The first-order chi connectivity index (χ1) is 18.0. The highest BCUT2D eigenvalue weighted by atomic mass is 32.1. The molecule has 0 fully saturated rings. The summed E-state index contributed by atoms with van der Waals surface area (Å²) in [7, 11) is 0. The second-order valence-electron chi connectivity index (χ2n) is 10.0. The highest BCUT2D eigenvalue weighted by molar-refractivity contribution is 7.81. The van der Waals surface area contributed by atoms with E-state index in [1.54, 1.807) is 0 Å². The van der Waals surface area contributed by atoms with E-state index in [0.717, 1.165) is 22.5 Å². The van der Waals surface area contributed by atoms with Crippen molar-refractivity contribution in [2.45, 2.75) is 19.3 Å². The minimum atomic E-state index is -0.119. The second kappa shape index (κ2) is 9.34. The summed E-state index contributed by atoms with van der Waals surface area (Å²) in [5.74, 6) is 0. The summed E-state index contributed by atoms with van der Waals surface area (Å²) in [6.07, 6.45) is 10.9. The Bertz CT molecular complexity index is 1590. The van der Waals surface area contributed by atoms with Crippen LogP contribution in [0.3, 0.4) is 0 Å². The smallest absolute Gasteiger partial charge is 0.110 e. The van der Waals surface area contributed by atoms with Gasteiger partial charge in [-0.05, 0) is 57.7 Å². The molecule has 37 heavy (non-hydrogen) atoms. The molecule has 2 aliphatic rings. The third-order valence-electron chi connectivity index (χ3n) is 7.36. The van der Waals surface area contributed by atoms with Crippen molar-refractivity contribution in [3.8, 4) is 22.3 Å². The molecule has 0 aromatic heterocycles. The van der Waals surface area contributed by atoms with Crippen LogP contribution in [0.4, 0.5) is 11.4 Å². The largest absolute Gasteiger partial charge is 0.361 e. The lowest BCUT2D eigenvalue weighted by atomic mass is 9.73. The highest BCUT2D eigenvalue weighted by Gasteiger charge is 2.29. The van der Waals surface area contributed by atoms with Gasteiger partial charge in [0.1, 0.15) is 4.99 Å². The van der Waals surface area contributed by atoms with Gasteiger partial charge in [-0.15, -0.1) is 0 Å². The maximum absolute atomic E-state index is 5.65. The van der Waals surface area contributed by atoms with Crippen LogP contribution >= 0.6 is 12.2 Å². The van der Waals surface area contributed by atoms with Crippen LogP contribution in [0, 0.1) is 0 Å². The van der Waals surface area contributed by atoms with E-state index in [0.29, 0.717) is 4.99 Å². The SMILES string of the molecule is CC1(C)C2=C\Nc3ccc(-c4ccc(C(=S)Nc5ccccc5)cc4)cc3-c3cccc1c3/C=C/C=C\2. The predicted molar refractivity (Wildman–Crippen MR) is 162 cm³/mol. The van der Waals surface area contributed by atoms with Crippen molar-refractivity contribution < 1.29 is 0 Å². The number of allylic oxidation sites excluding steroid dienone is 4. The molecule has 0 unspecified atom stereocenters. The van der Waals surface area contributed by atoms with Crippen molar-refractivity contribution in [3.63, 3.8) is 0 Å². The van der Waals surface area contributed by atoms with Crippen LogP contribution in [0.1, 0.15) is 30.5 Å². The summed E-state index contributed by atoms with van der Waals surface area (Å²) in [6.45, 7) is 4.60. The Morgan fingerprint density at radius 2 is 1.51 bits per heavy atom. The van der Waals surface area contributed by atoms with Gasteiger partial charge in [-0.1, -0.05) is 117 Å². The van der Waals surface area contributed by atoms with Crippen LogP contribution in [-0.2, 0) is 5.41 Å². The zero-order valence-electron chi connectivity index (χ0n) is 21.0. The minimum absolute atomic E-state index is 0.119. The lowest BCUT2D eigenvalue weighted by molar-refractivity contribution is 0.637. The normalized spacial score (nSPS) is 17.8. The summed E-state index contributed by atoms with van der Waals surface area (Å²) in [4.78, 5) is 0.717. The number of anilines is 2.